The molecule has 0 amide bonds. The molecule has 0 aromatic carbocycles. The van der Waals surface area contributed by atoms with Crippen LogP contribution in [0.15, 0.2) is 35.5 Å². The van der Waals surface area contributed by atoms with Gasteiger partial charge in [0.1, 0.15) is 18.3 Å². The van der Waals surface area contributed by atoms with Gasteiger partial charge in [0, 0.05) is 5.57 Å². The zero-order valence-electron chi connectivity index (χ0n) is 15.6. The lowest BCUT2D eigenvalue weighted by Gasteiger charge is -2.32. The SMILES string of the molecule is C=C1C(=O)O[C@@H]2/C=C(/C)CC/C=C(/CO)[C@@H](O)[C@@H](OC(=O)[C@H](C)CC)[C@@H]12. The van der Waals surface area contributed by atoms with Crippen molar-refractivity contribution in [3.05, 3.63) is 35.5 Å². The average molecular weight is 364 g/mol. The fraction of sp³-hybridized carbons (Fsp3) is 0.600. The van der Waals surface area contributed by atoms with Crippen LogP contribution in [-0.2, 0) is 19.1 Å². The zero-order valence-corrected chi connectivity index (χ0v) is 15.6. The first-order valence-corrected chi connectivity index (χ1v) is 9.05. The molecule has 1 aliphatic carbocycles. The Labute approximate surface area is 154 Å². The molecule has 6 heteroatoms. The van der Waals surface area contributed by atoms with Gasteiger partial charge >= 0.3 is 11.9 Å². The topological polar surface area (TPSA) is 93.1 Å². The van der Waals surface area contributed by atoms with E-state index in [1.165, 1.54) is 0 Å². The number of aliphatic hydroxyl groups excluding tert-OH is 2. The molecule has 2 rings (SSSR count). The fourth-order valence-corrected chi connectivity index (χ4v) is 3.22. The van der Waals surface area contributed by atoms with E-state index in [4.69, 9.17) is 9.47 Å². The minimum atomic E-state index is -1.24. The van der Waals surface area contributed by atoms with Gasteiger partial charge in [-0.05, 0) is 37.8 Å². The van der Waals surface area contributed by atoms with Gasteiger partial charge in [0.05, 0.1) is 18.4 Å². The summed E-state index contributed by atoms with van der Waals surface area (Å²) in [5.41, 5.74) is 1.55. The van der Waals surface area contributed by atoms with Crippen molar-refractivity contribution in [2.75, 3.05) is 6.61 Å². The van der Waals surface area contributed by atoms with Crippen molar-refractivity contribution < 1.29 is 29.3 Å². The number of fused-ring (bicyclic) bond motifs is 1. The van der Waals surface area contributed by atoms with Crippen LogP contribution in [0.1, 0.15) is 40.0 Å². The quantitative estimate of drug-likeness (QED) is 0.451. The summed E-state index contributed by atoms with van der Waals surface area (Å²) in [6.07, 6.45) is 2.56. The Balaban J connectivity index is 2.47. The monoisotopic (exact) mass is 364 g/mol. The third-order valence-electron chi connectivity index (χ3n) is 5.15. The Morgan fingerprint density at radius 1 is 1.50 bits per heavy atom. The van der Waals surface area contributed by atoms with Gasteiger partial charge in [-0.15, -0.1) is 0 Å². The highest BCUT2D eigenvalue weighted by Gasteiger charge is 2.48. The summed E-state index contributed by atoms with van der Waals surface area (Å²) in [6.45, 7) is 8.96. The Bertz CT molecular complexity index is 632. The Morgan fingerprint density at radius 3 is 2.81 bits per heavy atom. The van der Waals surface area contributed by atoms with E-state index in [2.05, 4.69) is 6.58 Å². The van der Waals surface area contributed by atoms with Crippen LogP contribution in [-0.4, -0.2) is 47.1 Å². The molecule has 1 saturated heterocycles. The second-order valence-corrected chi connectivity index (χ2v) is 7.07. The van der Waals surface area contributed by atoms with Crippen LogP contribution in [0.5, 0.6) is 0 Å². The third kappa shape index (κ3) is 4.24. The fourth-order valence-electron chi connectivity index (χ4n) is 3.22. The molecule has 0 saturated carbocycles. The summed E-state index contributed by atoms with van der Waals surface area (Å²) in [5, 5.41) is 20.5. The lowest BCUT2D eigenvalue weighted by atomic mass is 9.83. The summed E-state index contributed by atoms with van der Waals surface area (Å²) in [5.74, 6) is -2.07. The lowest BCUT2D eigenvalue weighted by molar-refractivity contribution is -0.162. The highest BCUT2D eigenvalue weighted by molar-refractivity contribution is 5.91. The maximum Gasteiger partial charge on any atom is 0.334 e. The second-order valence-electron chi connectivity index (χ2n) is 7.07. The predicted octanol–water partition coefficient (Wildman–Crippen LogP) is 2.06. The summed E-state index contributed by atoms with van der Waals surface area (Å²) >= 11 is 0. The maximum atomic E-state index is 12.4. The van der Waals surface area contributed by atoms with E-state index in [0.29, 0.717) is 24.8 Å². The molecule has 2 aliphatic rings. The summed E-state index contributed by atoms with van der Waals surface area (Å²) in [7, 11) is 0. The molecular weight excluding hydrogens is 336 g/mol. The number of hydrogen-bond acceptors (Lipinski definition) is 6. The highest BCUT2D eigenvalue weighted by atomic mass is 16.6. The maximum absolute atomic E-state index is 12.4. The smallest absolute Gasteiger partial charge is 0.334 e. The van der Waals surface area contributed by atoms with Gasteiger partial charge in [0.2, 0.25) is 0 Å². The van der Waals surface area contributed by atoms with Crippen LogP contribution < -0.4 is 0 Å². The Morgan fingerprint density at radius 2 is 2.19 bits per heavy atom. The van der Waals surface area contributed by atoms with Gasteiger partial charge in [-0.1, -0.05) is 32.1 Å². The van der Waals surface area contributed by atoms with Gasteiger partial charge in [0.25, 0.3) is 0 Å². The largest absolute Gasteiger partial charge is 0.458 e. The van der Waals surface area contributed by atoms with Crippen LogP contribution in [0, 0.1) is 11.8 Å². The van der Waals surface area contributed by atoms with Crippen LogP contribution in [0.2, 0.25) is 0 Å². The Kier molecular flexibility index (Phi) is 6.78. The van der Waals surface area contributed by atoms with Crippen molar-refractivity contribution in [2.24, 2.45) is 11.8 Å². The summed E-state index contributed by atoms with van der Waals surface area (Å²) < 4.78 is 11.0. The van der Waals surface area contributed by atoms with Crippen molar-refractivity contribution in [2.45, 2.75) is 58.3 Å². The van der Waals surface area contributed by atoms with Gasteiger partial charge in [0.15, 0.2) is 0 Å². The average Bonchev–Trinajstić information content (AvgIpc) is 2.88. The molecule has 0 aromatic rings. The van der Waals surface area contributed by atoms with Crippen LogP contribution in [0.25, 0.3) is 0 Å². The first kappa shape index (κ1) is 20.4. The van der Waals surface area contributed by atoms with Crippen LogP contribution in [0.3, 0.4) is 0 Å². The van der Waals surface area contributed by atoms with E-state index in [-0.39, 0.29) is 18.1 Å². The molecule has 1 fully saturated rings. The minimum absolute atomic E-state index is 0.165. The van der Waals surface area contributed by atoms with Gasteiger partial charge in [-0.3, -0.25) is 4.79 Å². The second kappa shape index (κ2) is 8.64. The number of allylic oxidation sites excluding steroid dienone is 2. The molecule has 1 heterocycles. The molecule has 6 nitrogen and oxygen atoms in total. The molecule has 2 N–H and O–H groups in total. The minimum Gasteiger partial charge on any atom is -0.458 e. The molecule has 1 aliphatic heterocycles. The number of hydrogen-bond donors (Lipinski definition) is 2. The molecule has 0 unspecified atom stereocenters. The van der Waals surface area contributed by atoms with Crippen molar-refractivity contribution in [3.8, 4) is 0 Å². The number of ether oxygens (including phenoxy) is 2. The molecule has 0 bridgehead atoms. The van der Waals surface area contributed by atoms with Crippen LogP contribution >= 0.6 is 0 Å². The molecule has 144 valence electrons. The van der Waals surface area contributed by atoms with Gasteiger partial charge < -0.3 is 19.7 Å². The number of aliphatic hydroxyl groups is 2. The van der Waals surface area contributed by atoms with Crippen molar-refractivity contribution in [3.63, 3.8) is 0 Å². The number of esters is 2. The van der Waals surface area contributed by atoms with E-state index in [9.17, 15) is 19.8 Å². The normalized spacial score (nSPS) is 34.7. The van der Waals surface area contributed by atoms with E-state index in [0.717, 1.165) is 5.57 Å². The zero-order chi connectivity index (χ0) is 19.4. The molecule has 0 spiro atoms. The highest BCUT2D eigenvalue weighted by Crippen LogP contribution is 2.36. The van der Waals surface area contributed by atoms with Crippen molar-refractivity contribution in [1.29, 1.82) is 0 Å². The molecule has 0 aromatic heterocycles. The summed E-state index contributed by atoms with van der Waals surface area (Å²) in [6, 6.07) is 0. The number of carbonyl (C=O) groups is 2. The summed E-state index contributed by atoms with van der Waals surface area (Å²) in [4.78, 5) is 24.5. The third-order valence-corrected chi connectivity index (χ3v) is 5.15. The van der Waals surface area contributed by atoms with E-state index in [1.54, 1.807) is 13.0 Å². The first-order chi connectivity index (χ1) is 12.3. The predicted molar refractivity (Wildman–Crippen MR) is 96.0 cm³/mol. The van der Waals surface area contributed by atoms with E-state index in [1.807, 2.05) is 19.9 Å². The van der Waals surface area contributed by atoms with E-state index < -0.39 is 36.2 Å². The lowest BCUT2D eigenvalue weighted by Crippen LogP contribution is -2.44. The van der Waals surface area contributed by atoms with Gasteiger partial charge in [-0.25, -0.2) is 4.79 Å². The molecule has 26 heavy (non-hydrogen) atoms. The Hall–Kier alpha value is -1.92. The van der Waals surface area contributed by atoms with Crippen molar-refractivity contribution in [1.82, 2.24) is 0 Å². The first-order valence-electron chi connectivity index (χ1n) is 9.05. The van der Waals surface area contributed by atoms with Gasteiger partial charge in [-0.2, -0.15) is 0 Å². The van der Waals surface area contributed by atoms with E-state index >= 15 is 0 Å². The van der Waals surface area contributed by atoms with Crippen LogP contribution in [0.4, 0.5) is 0 Å². The molecular formula is C20H28O6. The molecule has 5 atom stereocenters. The van der Waals surface area contributed by atoms with Crippen molar-refractivity contribution >= 4 is 11.9 Å². The number of carbonyl (C=O) groups excluding carboxylic acids is 2. The standard InChI is InChI=1S/C20H28O6/c1-5-12(3)19(23)26-18-16-13(4)20(24)25-15(16)9-11(2)7-6-8-14(10-21)17(18)22/h8-9,12,15-18,21-22H,4-7,10H2,1-3H3/b11-9-,14-8-/t12-,15-,16+,17-,18+/m1/s1. The molecule has 0 radical (unpaired) electrons. The number of rotatable bonds is 4.